The Morgan fingerprint density at radius 1 is 1.15 bits per heavy atom. The van der Waals surface area contributed by atoms with E-state index in [0.29, 0.717) is 5.88 Å². The van der Waals surface area contributed by atoms with Crippen LogP contribution in [-0.4, -0.2) is 16.7 Å². The first-order chi connectivity index (χ1) is 9.60. The van der Waals surface area contributed by atoms with Crippen molar-refractivity contribution in [1.82, 2.24) is 15.5 Å². The van der Waals surface area contributed by atoms with E-state index in [0.717, 1.165) is 40.1 Å². The first-order valence-electron chi connectivity index (χ1n) is 6.58. The summed E-state index contributed by atoms with van der Waals surface area (Å²) in [7, 11) is 0. The Morgan fingerprint density at radius 3 is 2.40 bits per heavy atom. The van der Waals surface area contributed by atoms with Gasteiger partial charge < -0.3 is 10.1 Å². The van der Waals surface area contributed by atoms with Gasteiger partial charge in [0.05, 0.1) is 5.69 Å². The van der Waals surface area contributed by atoms with Crippen LogP contribution in [0.5, 0.6) is 11.6 Å². The van der Waals surface area contributed by atoms with Gasteiger partial charge in [-0.15, -0.1) is 5.10 Å². The lowest BCUT2D eigenvalue weighted by Gasteiger charge is -2.09. The van der Waals surface area contributed by atoms with E-state index >= 15 is 0 Å². The first-order valence-corrected chi connectivity index (χ1v) is 7.37. The summed E-state index contributed by atoms with van der Waals surface area (Å²) in [5.74, 6) is 1.28. The van der Waals surface area contributed by atoms with E-state index in [4.69, 9.17) is 4.74 Å². The molecule has 5 heteroatoms. The molecule has 0 atom stereocenters. The maximum Gasteiger partial charge on any atom is 0.238 e. The molecule has 2 rings (SSSR count). The summed E-state index contributed by atoms with van der Waals surface area (Å²) in [4.78, 5) is 0. The van der Waals surface area contributed by atoms with Crippen LogP contribution in [0.15, 0.2) is 28.7 Å². The molecule has 0 radical (unpaired) electrons. The third kappa shape index (κ3) is 3.77. The first kappa shape index (κ1) is 14.9. The van der Waals surface area contributed by atoms with Gasteiger partial charge in [0.1, 0.15) is 5.75 Å². The van der Waals surface area contributed by atoms with Crippen molar-refractivity contribution in [1.29, 1.82) is 0 Å². The second-order valence-corrected chi connectivity index (χ2v) is 5.41. The largest absolute Gasteiger partial charge is 0.438 e. The Labute approximate surface area is 127 Å². The highest BCUT2D eigenvalue weighted by atomic mass is 79.9. The minimum Gasteiger partial charge on any atom is -0.438 e. The number of aromatic nitrogens is 2. The molecule has 0 unspecified atom stereocenters. The highest BCUT2D eigenvalue weighted by Gasteiger charge is 2.05. The van der Waals surface area contributed by atoms with Crippen molar-refractivity contribution in [2.45, 2.75) is 27.3 Å². The summed E-state index contributed by atoms with van der Waals surface area (Å²) >= 11 is 3.54. The lowest BCUT2D eigenvalue weighted by molar-refractivity contribution is 0.452. The summed E-state index contributed by atoms with van der Waals surface area (Å²) < 4.78 is 6.85. The van der Waals surface area contributed by atoms with Crippen molar-refractivity contribution in [3.8, 4) is 11.6 Å². The van der Waals surface area contributed by atoms with E-state index in [1.54, 1.807) is 0 Å². The predicted molar refractivity (Wildman–Crippen MR) is 83.1 cm³/mol. The molecule has 106 valence electrons. The molecular weight excluding hydrogens is 318 g/mol. The highest BCUT2D eigenvalue weighted by molar-refractivity contribution is 9.10. The second kappa shape index (κ2) is 6.81. The molecule has 0 aliphatic carbocycles. The standard InChI is InChI=1S/C15H18BrN3O/c1-4-17-9-12-5-6-14(19-18-12)20-13-7-10(2)15(16)11(3)8-13/h5-8,17H,4,9H2,1-3H3. The summed E-state index contributed by atoms with van der Waals surface area (Å²) in [6.45, 7) is 7.77. The average molecular weight is 336 g/mol. The van der Waals surface area contributed by atoms with E-state index < -0.39 is 0 Å². The zero-order valence-electron chi connectivity index (χ0n) is 11.9. The molecule has 2 aromatic rings. The van der Waals surface area contributed by atoms with Crippen molar-refractivity contribution in [3.05, 3.63) is 45.6 Å². The topological polar surface area (TPSA) is 47.0 Å². The summed E-state index contributed by atoms with van der Waals surface area (Å²) in [5.41, 5.74) is 3.18. The number of ether oxygens (including phenoxy) is 1. The lowest BCUT2D eigenvalue weighted by Crippen LogP contribution is -2.13. The number of benzene rings is 1. The van der Waals surface area contributed by atoms with Gasteiger partial charge in [0.15, 0.2) is 0 Å². The maximum absolute atomic E-state index is 5.74. The normalized spacial score (nSPS) is 10.6. The second-order valence-electron chi connectivity index (χ2n) is 4.62. The Morgan fingerprint density at radius 2 is 1.85 bits per heavy atom. The molecule has 0 aliphatic heterocycles. The molecule has 0 saturated carbocycles. The van der Waals surface area contributed by atoms with Gasteiger partial charge in [-0.3, -0.25) is 0 Å². The van der Waals surface area contributed by atoms with Crippen LogP contribution in [-0.2, 0) is 6.54 Å². The van der Waals surface area contributed by atoms with E-state index in [2.05, 4.69) is 38.4 Å². The molecule has 1 heterocycles. The number of nitrogens with zero attached hydrogens (tertiary/aromatic N) is 2. The zero-order valence-corrected chi connectivity index (χ0v) is 13.5. The van der Waals surface area contributed by atoms with Gasteiger partial charge in [-0.1, -0.05) is 22.9 Å². The summed E-state index contributed by atoms with van der Waals surface area (Å²) in [6, 6.07) is 7.71. The van der Waals surface area contributed by atoms with Crippen molar-refractivity contribution in [2.75, 3.05) is 6.54 Å². The molecule has 0 spiro atoms. The van der Waals surface area contributed by atoms with Crippen LogP contribution in [0.4, 0.5) is 0 Å². The molecule has 1 aromatic heterocycles. The summed E-state index contributed by atoms with van der Waals surface area (Å²) in [6.07, 6.45) is 0. The lowest BCUT2D eigenvalue weighted by atomic mass is 10.1. The van der Waals surface area contributed by atoms with Crippen LogP contribution in [0.2, 0.25) is 0 Å². The SMILES string of the molecule is CCNCc1ccc(Oc2cc(C)c(Br)c(C)c2)nn1. The molecule has 4 nitrogen and oxygen atoms in total. The monoisotopic (exact) mass is 335 g/mol. The third-order valence-electron chi connectivity index (χ3n) is 2.88. The van der Waals surface area contributed by atoms with E-state index in [-0.39, 0.29) is 0 Å². The van der Waals surface area contributed by atoms with Crippen molar-refractivity contribution >= 4 is 15.9 Å². The number of nitrogens with one attached hydrogen (secondary N) is 1. The van der Waals surface area contributed by atoms with Gasteiger partial charge >= 0.3 is 0 Å². The van der Waals surface area contributed by atoms with E-state index in [1.165, 1.54) is 0 Å². The van der Waals surface area contributed by atoms with Gasteiger partial charge in [-0.05, 0) is 49.7 Å². The number of hydrogen-bond acceptors (Lipinski definition) is 4. The fraction of sp³-hybridized carbons (Fsp3) is 0.333. The third-order valence-corrected chi connectivity index (χ3v) is 4.13. The van der Waals surface area contributed by atoms with Crippen molar-refractivity contribution in [3.63, 3.8) is 0 Å². The fourth-order valence-corrected chi connectivity index (χ4v) is 2.06. The molecule has 1 N–H and O–H groups in total. The number of hydrogen-bond donors (Lipinski definition) is 1. The molecule has 0 fully saturated rings. The number of aryl methyl sites for hydroxylation is 2. The Hall–Kier alpha value is -1.46. The van der Waals surface area contributed by atoms with Gasteiger partial charge in [0.2, 0.25) is 5.88 Å². The smallest absolute Gasteiger partial charge is 0.238 e. The van der Waals surface area contributed by atoms with Gasteiger partial charge in [0, 0.05) is 17.1 Å². The van der Waals surface area contributed by atoms with Gasteiger partial charge in [0.25, 0.3) is 0 Å². The molecule has 0 amide bonds. The van der Waals surface area contributed by atoms with Crippen LogP contribution in [0.25, 0.3) is 0 Å². The Kier molecular flexibility index (Phi) is 5.09. The van der Waals surface area contributed by atoms with Crippen LogP contribution >= 0.6 is 15.9 Å². The summed E-state index contributed by atoms with van der Waals surface area (Å²) in [5, 5.41) is 11.4. The minimum atomic E-state index is 0.506. The quantitative estimate of drug-likeness (QED) is 0.903. The zero-order chi connectivity index (χ0) is 14.5. The highest BCUT2D eigenvalue weighted by Crippen LogP contribution is 2.28. The van der Waals surface area contributed by atoms with Crippen LogP contribution in [0, 0.1) is 13.8 Å². The molecule has 20 heavy (non-hydrogen) atoms. The van der Waals surface area contributed by atoms with E-state index in [1.807, 2.05) is 38.1 Å². The van der Waals surface area contributed by atoms with Crippen LogP contribution in [0.1, 0.15) is 23.7 Å². The van der Waals surface area contributed by atoms with Gasteiger partial charge in [-0.2, -0.15) is 5.10 Å². The minimum absolute atomic E-state index is 0.506. The Balaban J connectivity index is 2.10. The predicted octanol–water partition coefficient (Wildman–Crippen LogP) is 3.76. The number of halogens is 1. The fourth-order valence-electron chi connectivity index (χ4n) is 1.84. The van der Waals surface area contributed by atoms with Crippen molar-refractivity contribution in [2.24, 2.45) is 0 Å². The molecule has 0 saturated heterocycles. The average Bonchev–Trinajstić information content (AvgIpc) is 2.44. The molecule has 0 bridgehead atoms. The number of rotatable bonds is 5. The molecule has 0 aliphatic rings. The molecule has 1 aromatic carbocycles. The van der Waals surface area contributed by atoms with E-state index in [9.17, 15) is 0 Å². The maximum atomic E-state index is 5.74. The Bertz CT molecular complexity index is 561. The van der Waals surface area contributed by atoms with Gasteiger partial charge in [-0.25, -0.2) is 0 Å². The van der Waals surface area contributed by atoms with Crippen LogP contribution < -0.4 is 10.1 Å². The molecular formula is C15H18BrN3O. The van der Waals surface area contributed by atoms with Crippen LogP contribution in [0.3, 0.4) is 0 Å². The van der Waals surface area contributed by atoms with Crippen molar-refractivity contribution < 1.29 is 4.74 Å².